The number of nitrogens with one attached hydrogen (secondary N) is 1. The van der Waals surface area contributed by atoms with E-state index in [4.69, 9.17) is 14.7 Å². The van der Waals surface area contributed by atoms with Crippen LogP contribution in [0, 0.1) is 19.8 Å². The van der Waals surface area contributed by atoms with Gasteiger partial charge in [0.15, 0.2) is 5.82 Å². The van der Waals surface area contributed by atoms with Crippen molar-refractivity contribution in [2.75, 3.05) is 29.9 Å². The SMILES string of the molecule is CCCOc1nc2ccccc2nc1N1CCC[C@H](C(=O)Nc2ccc(C)cc2C)C1. The van der Waals surface area contributed by atoms with Gasteiger partial charge in [0.05, 0.1) is 23.6 Å². The summed E-state index contributed by atoms with van der Waals surface area (Å²) in [5.41, 5.74) is 4.80. The van der Waals surface area contributed by atoms with E-state index in [1.54, 1.807) is 0 Å². The molecule has 1 aliphatic rings. The highest BCUT2D eigenvalue weighted by atomic mass is 16.5. The molecule has 1 atom stereocenters. The lowest BCUT2D eigenvalue weighted by molar-refractivity contribution is -0.120. The molecule has 2 heterocycles. The molecule has 0 bridgehead atoms. The molecule has 0 spiro atoms. The van der Waals surface area contributed by atoms with Gasteiger partial charge in [-0.1, -0.05) is 36.8 Å². The van der Waals surface area contributed by atoms with Crippen LogP contribution in [0.25, 0.3) is 11.0 Å². The molecule has 31 heavy (non-hydrogen) atoms. The van der Waals surface area contributed by atoms with Crippen LogP contribution in [-0.2, 0) is 4.79 Å². The molecule has 0 saturated carbocycles. The predicted molar refractivity (Wildman–Crippen MR) is 125 cm³/mol. The number of para-hydroxylation sites is 2. The van der Waals surface area contributed by atoms with E-state index in [1.807, 2.05) is 43.3 Å². The number of carbonyl (C=O) groups excluding carboxylic acids is 1. The summed E-state index contributed by atoms with van der Waals surface area (Å²) in [5, 5.41) is 3.12. The number of aromatic nitrogens is 2. The summed E-state index contributed by atoms with van der Waals surface area (Å²) in [6.45, 7) is 8.18. The number of hydrogen-bond donors (Lipinski definition) is 1. The van der Waals surface area contributed by atoms with Gasteiger partial charge in [0.2, 0.25) is 5.91 Å². The average Bonchev–Trinajstić information content (AvgIpc) is 2.79. The molecule has 4 rings (SSSR count). The highest BCUT2D eigenvalue weighted by molar-refractivity contribution is 5.93. The van der Waals surface area contributed by atoms with Gasteiger partial charge in [-0.25, -0.2) is 9.97 Å². The fourth-order valence-corrected chi connectivity index (χ4v) is 4.05. The van der Waals surface area contributed by atoms with Crippen molar-refractivity contribution in [1.29, 1.82) is 0 Å². The summed E-state index contributed by atoms with van der Waals surface area (Å²) < 4.78 is 5.95. The largest absolute Gasteiger partial charge is 0.475 e. The molecule has 1 fully saturated rings. The first-order chi connectivity index (χ1) is 15.0. The van der Waals surface area contributed by atoms with Crippen LogP contribution in [0.4, 0.5) is 11.5 Å². The van der Waals surface area contributed by atoms with Gasteiger partial charge in [-0.2, -0.15) is 0 Å². The maximum absolute atomic E-state index is 13.0. The van der Waals surface area contributed by atoms with E-state index in [0.29, 0.717) is 19.0 Å². The topological polar surface area (TPSA) is 67.4 Å². The minimum absolute atomic E-state index is 0.0569. The molecule has 6 nitrogen and oxygen atoms in total. The Balaban J connectivity index is 1.56. The van der Waals surface area contributed by atoms with Crippen LogP contribution in [-0.4, -0.2) is 35.6 Å². The third-order valence-corrected chi connectivity index (χ3v) is 5.70. The zero-order valence-corrected chi connectivity index (χ0v) is 18.5. The van der Waals surface area contributed by atoms with Gasteiger partial charge >= 0.3 is 0 Å². The Bertz CT molecular complexity index is 1080. The molecule has 0 aliphatic carbocycles. The quantitative estimate of drug-likeness (QED) is 0.617. The van der Waals surface area contributed by atoms with E-state index < -0.39 is 0 Å². The third kappa shape index (κ3) is 4.79. The molecule has 3 aromatic rings. The number of ether oxygens (including phenoxy) is 1. The first kappa shape index (κ1) is 21.1. The van der Waals surface area contributed by atoms with Gasteiger partial charge < -0.3 is 15.0 Å². The molecule has 0 radical (unpaired) electrons. The highest BCUT2D eigenvalue weighted by Gasteiger charge is 2.29. The number of aryl methyl sites for hydroxylation is 2. The van der Waals surface area contributed by atoms with Crippen molar-refractivity contribution in [2.45, 2.75) is 40.0 Å². The number of anilines is 2. The van der Waals surface area contributed by atoms with Crippen LogP contribution in [0.5, 0.6) is 5.88 Å². The van der Waals surface area contributed by atoms with Crippen LogP contribution in [0.2, 0.25) is 0 Å². The Hall–Kier alpha value is -3.15. The fraction of sp³-hybridized carbons (Fsp3) is 0.400. The summed E-state index contributed by atoms with van der Waals surface area (Å²) in [6.07, 6.45) is 2.68. The van der Waals surface area contributed by atoms with Crippen LogP contribution in [0.1, 0.15) is 37.3 Å². The van der Waals surface area contributed by atoms with Crippen LogP contribution in [0.3, 0.4) is 0 Å². The lowest BCUT2D eigenvalue weighted by atomic mass is 9.96. The van der Waals surface area contributed by atoms with E-state index in [0.717, 1.165) is 53.9 Å². The van der Waals surface area contributed by atoms with Gasteiger partial charge in [0.1, 0.15) is 0 Å². The lowest BCUT2D eigenvalue weighted by Gasteiger charge is -2.33. The maximum atomic E-state index is 13.0. The molecule has 162 valence electrons. The summed E-state index contributed by atoms with van der Waals surface area (Å²) in [4.78, 5) is 24.8. The molecular formula is C25H30N4O2. The van der Waals surface area contributed by atoms with Crippen molar-refractivity contribution in [2.24, 2.45) is 5.92 Å². The van der Waals surface area contributed by atoms with Crippen LogP contribution >= 0.6 is 0 Å². The zero-order chi connectivity index (χ0) is 21.8. The minimum atomic E-state index is -0.109. The minimum Gasteiger partial charge on any atom is -0.475 e. The number of hydrogen-bond acceptors (Lipinski definition) is 5. The number of fused-ring (bicyclic) bond motifs is 1. The first-order valence-electron chi connectivity index (χ1n) is 11.1. The van der Waals surface area contributed by atoms with Gasteiger partial charge in [0.25, 0.3) is 5.88 Å². The monoisotopic (exact) mass is 418 g/mol. The first-order valence-corrected chi connectivity index (χ1v) is 11.1. The number of piperidine rings is 1. The van der Waals surface area contributed by atoms with Gasteiger partial charge in [-0.15, -0.1) is 0 Å². The number of nitrogens with zero attached hydrogens (tertiary/aromatic N) is 3. The molecule has 1 aromatic heterocycles. The number of amides is 1. The smallest absolute Gasteiger partial charge is 0.258 e. The number of rotatable bonds is 6. The van der Waals surface area contributed by atoms with Crippen molar-refractivity contribution >= 4 is 28.4 Å². The summed E-state index contributed by atoms with van der Waals surface area (Å²) in [7, 11) is 0. The zero-order valence-electron chi connectivity index (χ0n) is 18.5. The second kappa shape index (κ2) is 9.33. The van der Waals surface area contributed by atoms with Crippen molar-refractivity contribution < 1.29 is 9.53 Å². The van der Waals surface area contributed by atoms with Crippen LogP contribution < -0.4 is 15.0 Å². The second-order valence-corrected chi connectivity index (χ2v) is 8.28. The second-order valence-electron chi connectivity index (χ2n) is 8.28. The van der Waals surface area contributed by atoms with Crippen molar-refractivity contribution in [3.63, 3.8) is 0 Å². The van der Waals surface area contributed by atoms with Crippen molar-refractivity contribution in [1.82, 2.24) is 9.97 Å². The molecule has 1 amide bonds. The standard InChI is InChI=1S/C25H30N4O2/c1-4-14-31-25-23(26-21-9-5-6-10-22(21)28-25)29-13-7-8-19(16-29)24(30)27-20-12-11-17(2)15-18(20)3/h5-6,9-12,15,19H,4,7-8,13-14,16H2,1-3H3,(H,27,30)/t19-/m0/s1. The van der Waals surface area contributed by atoms with E-state index in [-0.39, 0.29) is 11.8 Å². The van der Waals surface area contributed by atoms with Gasteiger partial charge in [-0.05, 0) is 56.9 Å². The molecule has 1 N–H and O–H groups in total. The molecule has 2 aromatic carbocycles. The average molecular weight is 419 g/mol. The Labute approximate surface area is 183 Å². The van der Waals surface area contributed by atoms with Crippen LogP contribution in [0.15, 0.2) is 42.5 Å². The third-order valence-electron chi connectivity index (χ3n) is 5.70. The Kier molecular flexibility index (Phi) is 6.35. The normalized spacial score (nSPS) is 16.4. The molecule has 1 aliphatic heterocycles. The summed E-state index contributed by atoms with van der Waals surface area (Å²) in [6, 6.07) is 13.9. The van der Waals surface area contributed by atoms with E-state index in [9.17, 15) is 4.79 Å². The van der Waals surface area contributed by atoms with Gasteiger partial charge in [-0.3, -0.25) is 4.79 Å². The van der Waals surface area contributed by atoms with E-state index in [1.165, 1.54) is 5.56 Å². The van der Waals surface area contributed by atoms with Crippen molar-refractivity contribution in [3.8, 4) is 5.88 Å². The number of benzene rings is 2. The lowest BCUT2D eigenvalue weighted by Crippen LogP contribution is -2.41. The fourth-order valence-electron chi connectivity index (χ4n) is 4.05. The van der Waals surface area contributed by atoms with Crippen molar-refractivity contribution in [3.05, 3.63) is 53.6 Å². The Morgan fingerprint density at radius 1 is 1.16 bits per heavy atom. The summed E-state index contributed by atoms with van der Waals surface area (Å²) >= 11 is 0. The highest BCUT2D eigenvalue weighted by Crippen LogP contribution is 2.31. The Morgan fingerprint density at radius 2 is 1.94 bits per heavy atom. The predicted octanol–water partition coefficient (Wildman–Crippen LogP) is 4.89. The Morgan fingerprint density at radius 3 is 2.68 bits per heavy atom. The molecule has 0 unspecified atom stereocenters. The van der Waals surface area contributed by atoms with E-state index in [2.05, 4.69) is 30.1 Å². The molecular weight excluding hydrogens is 388 g/mol. The molecule has 1 saturated heterocycles. The van der Waals surface area contributed by atoms with Gasteiger partial charge in [0, 0.05) is 18.8 Å². The molecule has 6 heteroatoms. The van der Waals surface area contributed by atoms with E-state index >= 15 is 0 Å². The maximum Gasteiger partial charge on any atom is 0.258 e. The summed E-state index contributed by atoms with van der Waals surface area (Å²) in [5.74, 6) is 1.23. The number of carbonyl (C=O) groups is 1.